The third-order valence-corrected chi connectivity index (χ3v) is 4.92. The van der Waals surface area contributed by atoms with E-state index in [1.807, 2.05) is 6.07 Å². The smallest absolute Gasteiger partial charge is 0.115 e. The molecule has 0 saturated carbocycles. The van der Waals surface area contributed by atoms with Crippen LogP contribution in [-0.2, 0) is 6.42 Å². The van der Waals surface area contributed by atoms with Gasteiger partial charge in [0.25, 0.3) is 0 Å². The molecule has 1 aromatic heterocycles. The van der Waals surface area contributed by atoms with Crippen LogP contribution in [0.1, 0.15) is 47.9 Å². The van der Waals surface area contributed by atoms with E-state index < -0.39 is 0 Å². The van der Waals surface area contributed by atoms with Gasteiger partial charge in [0, 0.05) is 17.0 Å². The molecule has 100 valence electrons. The van der Waals surface area contributed by atoms with Crippen molar-refractivity contribution >= 4 is 11.3 Å². The summed E-state index contributed by atoms with van der Waals surface area (Å²) in [5.41, 5.74) is 2.65. The molecule has 0 spiro atoms. The standard InChI is InChI=1S/C16H19NOS/c1-11(16-6-3-9-19-16)17-15-5-2-4-12-7-8-13(18)10-14(12)15/h3,6-11,15,17-18H,2,4-5H2,1H3/t11-,15?/m0/s1. The minimum Gasteiger partial charge on any atom is -0.508 e. The summed E-state index contributed by atoms with van der Waals surface area (Å²) in [6, 6.07) is 10.8. The number of aromatic hydroxyl groups is 1. The van der Waals surface area contributed by atoms with E-state index in [0.717, 1.165) is 12.8 Å². The van der Waals surface area contributed by atoms with E-state index in [-0.39, 0.29) is 0 Å². The van der Waals surface area contributed by atoms with Crippen molar-refractivity contribution in [3.05, 3.63) is 51.7 Å². The lowest BCUT2D eigenvalue weighted by atomic mass is 9.87. The molecule has 0 amide bonds. The highest BCUT2D eigenvalue weighted by atomic mass is 32.1. The first-order valence-corrected chi connectivity index (χ1v) is 7.73. The molecule has 19 heavy (non-hydrogen) atoms. The van der Waals surface area contributed by atoms with Crippen molar-refractivity contribution in [3.63, 3.8) is 0 Å². The quantitative estimate of drug-likeness (QED) is 0.879. The highest BCUT2D eigenvalue weighted by molar-refractivity contribution is 7.10. The van der Waals surface area contributed by atoms with E-state index in [1.54, 1.807) is 17.4 Å². The number of hydrogen-bond donors (Lipinski definition) is 2. The van der Waals surface area contributed by atoms with Crippen molar-refractivity contribution in [1.82, 2.24) is 5.32 Å². The summed E-state index contributed by atoms with van der Waals surface area (Å²) in [7, 11) is 0. The topological polar surface area (TPSA) is 32.3 Å². The Morgan fingerprint density at radius 2 is 2.26 bits per heavy atom. The number of phenols is 1. The molecule has 1 unspecified atom stereocenters. The average molecular weight is 273 g/mol. The predicted octanol–water partition coefficient (Wildman–Crippen LogP) is 4.18. The van der Waals surface area contributed by atoms with Crippen molar-refractivity contribution in [2.75, 3.05) is 0 Å². The number of phenolic OH excluding ortho intramolecular Hbond substituents is 1. The Morgan fingerprint density at radius 3 is 3.05 bits per heavy atom. The summed E-state index contributed by atoms with van der Waals surface area (Å²) in [5, 5.41) is 15.5. The van der Waals surface area contributed by atoms with Gasteiger partial charge in [-0.25, -0.2) is 0 Å². The van der Waals surface area contributed by atoms with Crippen molar-refractivity contribution in [2.24, 2.45) is 0 Å². The number of aryl methyl sites for hydroxylation is 1. The van der Waals surface area contributed by atoms with Crippen LogP contribution >= 0.6 is 11.3 Å². The van der Waals surface area contributed by atoms with Crippen molar-refractivity contribution < 1.29 is 5.11 Å². The summed E-state index contributed by atoms with van der Waals surface area (Å²) in [6.45, 7) is 2.21. The maximum absolute atomic E-state index is 9.70. The summed E-state index contributed by atoms with van der Waals surface area (Å²) in [4.78, 5) is 1.37. The third kappa shape index (κ3) is 2.67. The van der Waals surface area contributed by atoms with Crippen molar-refractivity contribution in [3.8, 4) is 5.75 Å². The number of fused-ring (bicyclic) bond motifs is 1. The van der Waals surface area contributed by atoms with E-state index in [4.69, 9.17) is 0 Å². The number of nitrogens with one attached hydrogen (secondary N) is 1. The van der Waals surface area contributed by atoms with Gasteiger partial charge in [0.15, 0.2) is 0 Å². The Kier molecular flexibility index (Phi) is 3.58. The second-order valence-electron chi connectivity index (χ2n) is 5.23. The van der Waals surface area contributed by atoms with Gasteiger partial charge in [0.05, 0.1) is 0 Å². The number of thiophene rings is 1. The van der Waals surface area contributed by atoms with Gasteiger partial charge < -0.3 is 10.4 Å². The van der Waals surface area contributed by atoms with Crippen LogP contribution < -0.4 is 5.32 Å². The zero-order chi connectivity index (χ0) is 13.2. The lowest BCUT2D eigenvalue weighted by molar-refractivity contribution is 0.413. The molecular formula is C16H19NOS. The highest BCUT2D eigenvalue weighted by Crippen LogP contribution is 2.34. The molecule has 3 heteroatoms. The first-order chi connectivity index (χ1) is 9.24. The van der Waals surface area contributed by atoms with Gasteiger partial charge in [0.1, 0.15) is 5.75 Å². The molecular weight excluding hydrogens is 254 g/mol. The lowest BCUT2D eigenvalue weighted by Gasteiger charge is -2.29. The molecule has 0 bridgehead atoms. The Balaban J connectivity index is 1.81. The van der Waals surface area contributed by atoms with Crippen LogP contribution in [0.3, 0.4) is 0 Å². The Labute approximate surface area is 118 Å². The fourth-order valence-corrected chi connectivity index (χ4v) is 3.62. The number of rotatable bonds is 3. The van der Waals surface area contributed by atoms with Crippen LogP contribution in [0.25, 0.3) is 0 Å². The number of benzene rings is 1. The molecule has 1 aliphatic rings. The van der Waals surface area contributed by atoms with E-state index >= 15 is 0 Å². The Hall–Kier alpha value is -1.32. The molecule has 2 atom stereocenters. The molecule has 0 saturated heterocycles. The molecule has 3 rings (SSSR count). The SMILES string of the molecule is C[C@H](NC1CCCc2ccc(O)cc21)c1cccs1. The van der Waals surface area contributed by atoms with E-state index in [1.165, 1.54) is 22.4 Å². The largest absolute Gasteiger partial charge is 0.508 e. The average Bonchev–Trinajstić information content (AvgIpc) is 2.93. The fourth-order valence-electron chi connectivity index (χ4n) is 2.88. The first kappa shape index (κ1) is 12.7. The summed E-state index contributed by atoms with van der Waals surface area (Å²) in [6.07, 6.45) is 3.49. The molecule has 2 aromatic rings. The van der Waals surface area contributed by atoms with Gasteiger partial charge in [-0.1, -0.05) is 12.1 Å². The lowest BCUT2D eigenvalue weighted by Crippen LogP contribution is -2.27. The van der Waals surface area contributed by atoms with E-state index in [9.17, 15) is 5.11 Å². The minimum atomic E-state index is 0.355. The zero-order valence-corrected chi connectivity index (χ0v) is 11.9. The van der Waals surface area contributed by atoms with Gasteiger partial charge in [-0.05, 0) is 60.9 Å². The second kappa shape index (κ2) is 5.35. The van der Waals surface area contributed by atoms with Crippen molar-refractivity contribution in [1.29, 1.82) is 0 Å². The second-order valence-corrected chi connectivity index (χ2v) is 6.21. The first-order valence-electron chi connectivity index (χ1n) is 6.85. The van der Waals surface area contributed by atoms with Crippen LogP contribution in [0.5, 0.6) is 5.75 Å². The predicted molar refractivity (Wildman–Crippen MR) is 79.7 cm³/mol. The molecule has 0 fully saturated rings. The van der Waals surface area contributed by atoms with Gasteiger partial charge in [0.2, 0.25) is 0 Å². The monoisotopic (exact) mass is 273 g/mol. The van der Waals surface area contributed by atoms with Gasteiger partial charge >= 0.3 is 0 Å². The highest BCUT2D eigenvalue weighted by Gasteiger charge is 2.22. The van der Waals surface area contributed by atoms with E-state index in [2.05, 4.69) is 35.8 Å². The number of hydrogen-bond acceptors (Lipinski definition) is 3. The van der Waals surface area contributed by atoms with Gasteiger partial charge in [-0.2, -0.15) is 0 Å². The normalized spacial score (nSPS) is 19.9. The molecule has 0 aliphatic heterocycles. The van der Waals surface area contributed by atoms with Gasteiger partial charge in [-0.15, -0.1) is 11.3 Å². The zero-order valence-electron chi connectivity index (χ0n) is 11.1. The molecule has 1 aliphatic carbocycles. The molecule has 2 nitrogen and oxygen atoms in total. The van der Waals surface area contributed by atoms with Gasteiger partial charge in [-0.3, -0.25) is 0 Å². The molecule has 1 aromatic carbocycles. The summed E-state index contributed by atoms with van der Waals surface area (Å²) < 4.78 is 0. The van der Waals surface area contributed by atoms with E-state index in [0.29, 0.717) is 17.8 Å². The van der Waals surface area contributed by atoms with Crippen LogP contribution in [0.4, 0.5) is 0 Å². The summed E-state index contributed by atoms with van der Waals surface area (Å²) >= 11 is 1.79. The third-order valence-electron chi connectivity index (χ3n) is 3.86. The Morgan fingerprint density at radius 1 is 1.37 bits per heavy atom. The maximum Gasteiger partial charge on any atom is 0.115 e. The van der Waals surface area contributed by atoms with Crippen LogP contribution in [0.15, 0.2) is 35.7 Å². The fraction of sp³-hybridized carbons (Fsp3) is 0.375. The van der Waals surface area contributed by atoms with Crippen LogP contribution in [0, 0.1) is 0 Å². The van der Waals surface area contributed by atoms with Crippen molar-refractivity contribution in [2.45, 2.75) is 38.3 Å². The van der Waals surface area contributed by atoms with Crippen LogP contribution in [0.2, 0.25) is 0 Å². The molecule has 1 heterocycles. The molecule has 2 N–H and O–H groups in total. The molecule has 0 radical (unpaired) electrons. The minimum absolute atomic E-state index is 0.355. The summed E-state index contributed by atoms with van der Waals surface area (Å²) in [5.74, 6) is 0.372. The maximum atomic E-state index is 9.70. The van der Waals surface area contributed by atoms with Crippen LogP contribution in [-0.4, -0.2) is 5.11 Å². The Bertz CT molecular complexity index is 550.